The summed E-state index contributed by atoms with van der Waals surface area (Å²) in [7, 11) is -4.78. The van der Waals surface area contributed by atoms with Gasteiger partial charge in [-0.1, -0.05) is 219 Å². The number of phosphoric acid groups is 1. The van der Waals surface area contributed by atoms with Crippen LogP contribution in [0.1, 0.15) is 239 Å². The molecule has 3 atom stereocenters. The molecule has 0 radical (unpaired) electrons. The van der Waals surface area contributed by atoms with Gasteiger partial charge in [-0.3, -0.25) is 23.4 Å². The van der Waals surface area contributed by atoms with Crippen molar-refractivity contribution in [3.8, 4) is 0 Å². The van der Waals surface area contributed by atoms with E-state index in [0.29, 0.717) is 25.7 Å². The molecule has 0 aliphatic heterocycles. The van der Waals surface area contributed by atoms with Crippen LogP contribution in [0, 0.1) is 0 Å². The quantitative estimate of drug-likeness (QED) is 0.0197. The zero-order valence-corrected chi connectivity index (χ0v) is 50.0. The van der Waals surface area contributed by atoms with Gasteiger partial charge < -0.3 is 24.2 Å². The molecule has 0 aromatic carbocycles. The summed E-state index contributed by atoms with van der Waals surface area (Å²) in [5, 5.41) is 9.83. The van der Waals surface area contributed by atoms with E-state index in [2.05, 4.69) is 130 Å². The standard InChI is InChI=1S/C66H109O11P/c1-4-7-10-13-16-19-22-25-28-30-31-33-36-39-42-45-48-51-54-57-66(70)77-63(59-73-64(68)55-52-49-46-43-40-37-34-27-24-21-18-15-12-9-6-3)61-75-78(71,72)74-60-62(58-67)76-65(69)56-53-50-47-44-41-38-35-32-29-26-23-20-17-14-11-8-5-2/h8-9,11-12,17-18,20-21,25-29,34-35,38,40,43-44,47,62-63,67H,4-7,10,13-16,19,22-24,30-33,36-37,39,41-42,45-46,48-61H2,1-3H3,(H,71,72)/b11-8-,12-9-,20-17-,21-18-,28-25-,29-26-,34-27-,38-35-,43-40-,47-44-. The van der Waals surface area contributed by atoms with E-state index in [1.54, 1.807) is 0 Å². The lowest BCUT2D eigenvalue weighted by atomic mass is 10.1. The minimum Gasteiger partial charge on any atom is -0.462 e. The van der Waals surface area contributed by atoms with E-state index in [1.807, 2.05) is 12.2 Å². The van der Waals surface area contributed by atoms with Gasteiger partial charge >= 0.3 is 25.7 Å². The van der Waals surface area contributed by atoms with Crippen LogP contribution in [0.25, 0.3) is 0 Å². The van der Waals surface area contributed by atoms with Gasteiger partial charge in [-0.05, 0) is 122 Å². The van der Waals surface area contributed by atoms with Crippen LogP contribution in [-0.2, 0) is 42.2 Å². The van der Waals surface area contributed by atoms with E-state index in [1.165, 1.54) is 83.5 Å². The Labute approximate surface area is 475 Å². The number of aliphatic hydroxyl groups is 1. The van der Waals surface area contributed by atoms with E-state index in [9.17, 15) is 28.9 Å². The van der Waals surface area contributed by atoms with Gasteiger partial charge in [0.1, 0.15) is 12.7 Å². The first-order valence-corrected chi connectivity index (χ1v) is 31.9. The number of allylic oxidation sites excluding steroid dienone is 20. The number of esters is 3. The van der Waals surface area contributed by atoms with Crippen LogP contribution in [0.15, 0.2) is 122 Å². The maximum absolute atomic E-state index is 12.9. The Kier molecular flexibility index (Phi) is 55.9. The van der Waals surface area contributed by atoms with Crippen molar-refractivity contribution in [2.75, 3.05) is 26.4 Å². The molecule has 444 valence electrons. The van der Waals surface area contributed by atoms with Crippen LogP contribution >= 0.6 is 7.82 Å². The number of rotatable bonds is 55. The van der Waals surface area contributed by atoms with Gasteiger partial charge in [-0.25, -0.2) is 4.57 Å². The van der Waals surface area contributed by atoms with Crippen molar-refractivity contribution in [2.24, 2.45) is 0 Å². The number of carbonyl (C=O) groups excluding carboxylic acids is 3. The monoisotopic (exact) mass is 1110 g/mol. The molecule has 2 N–H and O–H groups in total. The van der Waals surface area contributed by atoms with Crippen LogP contribution in [0.4, 0.5) is 0 Å². The van der Waals surface area contributed by atoms with Crippen LogP contribution in [0.5, 0.6) is 0 Å². The van der Waals surface area contributed by atoms with Gasteiger partial charge in [0.25, 0.3) is 0 Å². The maximum atomic E-state index is 12.9. The number of hydrogen-bond acceptors (Lipinski definition) is 10. The highest BCUT2D eigenvalue weighted by Crippen LogP contribution is 2.43. The molecule has 11 nitrogen and oxygen atoms in total. The van der Waals surface area contributed by atoms with Gasteiger partial charge in [0.2, 0.25) is 0 Å². The fourth-order valence-electron chi connectivity index (χ4n) is 7.79. The van der Waals surface area contributed by atoms with Crippen molar-refractivity contribution in [1.29, 1.82) is 0 Å². The molecular formula is C66H109O11P. The Morgan fingerprint density at radius 2 is 0.679 bits per heavy atom. The third-order valence-electron chi connectivity index (χ3n) is 12.3. The van der Waals surface area contributed by atoms with E-state index in [0.717, 1.165) is 89.9 Å². The van der Waals surface area contributed by atoms with E-state index in [4.69, 9.17) is 23.3 Å². The molecule has 0 amide bonds. The highest BCUT2D eigenvalue weighted by molar-refractivity contribution is 7.47. The minimum atomic E-state index is -4.78. The second-order valence-corrected chi connectivity index (χ2v) is 21.2. The molecule has 78 heavy (non-hydrogen) atoms. The second kappa shape index (κ2) is 59.0. The number of hydrogen-bond donors (Lipinski definition) is 2. The van der Waals surface area contributed by atoms with Gasteiger partial charge in [0.05, 0.1) is 19.8 Å². The van der Waals surface area contributed by atoms with Crippen LogP contribution in [-0.4, -0.2) is 66.5 Å². The van der Waals surface area contributed by atoms with Crippen LogP contribution in [0.2, 0.25) is 0 Å². The predicted octanol–water partition coefficient (Wildman–Crippen LogP) is 18.4. The lowest BCUT2D eigenvalue weighted by Crippen LogP contribution is -2.30. The first-order chi connectivity index (χ1) is 38.2. The fraction of sp³-hybridized carbons (Fsp3) is 0.652. The number of unbranched alkanes of at least 4 members (excludes halogenated alkanes) is 18. The van der Waals surface area contributed by atoms with Gasteiger partial charge in [-0.2, -0.15) is 0 Å². The topological polar surface area (TPSA) is 155 Å². The van der Waals surface area contributed by atoms with Crippen LogP contribution in [0.3, 0.4) is 0 Å². The van der Waals surface area contributed by atoms with E-state index < -0.39 is 57.8 Å². The maximum Gasteiger partial charge on any atom is 0.472 e. The average molecular weight is 1110 g/mol. The Hall–Kier alpha value is -4.12. The largest absolute Gasteiger partial charge is 0.472 e. The molecule has 0 saturated carbocycles. The summed E-state index contributed by atoms with van der Waals surface area (Å²) in [5.41, 5.74) is 0. The molecule has 0 rings (SSSR count). The molecule has 0 saturated heterocycles. The number of carbonyl (C=O) groups is 3. The van der Waals surface area contributed by atoms with Crippen molar-refractivity contribution >= 4 is 25.7 Å². The van der Waals surface area contributed by atoms with Crippen molar-refractivity contribution < 1.29 is 52.2 Å². The second-order valence-electron chi connectivity index (χ2n) is 19.7. The number of phosphoric ester groups is 1. The van der Waals surface area contributed by atoms with Gasteiger partial charge in [0, 0.05) is 19.3 Å². The summed E-state index contributed by atoms with van der Waals surface area (Å²) in [6, 6.07) is 0. The van der Waals surface area contributed by atoms with Crippen molar-refractivity contribution in [2.45, 2.75) is 251 Å². The molecule has 0 spiro atoms. The van der Waals surface area contributed by atoms with Gasteiger partial charge in [-0.15, -0.1) is 0 Å². The Balaban J connectivity index is 4.82. The van der Waals surface area contributed by atoms with Crippen molar-refractivity contribution in [3.05, 3.63) is 122 Å². The summed E-state index contributed by atoms with van der Waals surface area (Å²) in [6.07, 6.45) is 73.1. The highest BCUT2D eigenvalue weighted by atomic mass is 31.2. The first kappa shape index (κ1) is 73.9. The number of aliphatic hydroxyl groups excluding tert-OH is 1. The predicted molar refractivity (Wildman–Crippen MR) is 325 cm³/mol. The van der Waals surface area contributed by atoms with E-state index >= 15 is 0 Å². The molecule has 0 heterocycles. The lowest BCUT2D eigenvalue weighted by Gasteiger charge is -2.21. The Morgan fingerprint density at radius 3 is 1.12 bits per heavy atom. The molecule has 0 bridgehead atoms. The van der Waals surface area contributed by atoms with Crippen LogP contribution < -0.4 is 0 Å². The minimum absolute atomic E-state index is 0.0903. The molecule has 0 aromatic heterocycles. The molecular weight excluding hydrogens is 1000 g/mol. The highest BCUT2D eigenvalue weighted by Gasteiger charge is 2.28. The SMILES string of the molecule is CC/C=C\C/C=C\C/C=C\C/C=C\C/C=C\CCCC(=O)OC(CO)COP(=O)(O)OCC(COC(=O)CCCC/C=C\C/C=C\C/C=C\C/C=C\CC)OC(=O)CCCCCCCCCCC/C=C\CCCCCCCC. The summed E-state index contributed by atoms with van der Waals surface area (Å²) in [4.78, 5) is 48.6. The van der Waals surface area contributed by atoms with Crippen molar-refractivity contribution in [3.63, 3.8) is 0 Å². The normalized spacial score (nSPS) is 14.2. The summed E-state index contributed by atoms with van der Waals surface area (Å²) in [5.74, 6) is -1.59. The molecule has 0 aliphatic rings. The average Bonchev–Trinajstić information content (AvgIpc) is 3.43. The Morgan fingerprint density at radius 1 is 0.372 bits per heavy atom. The molecule has 0 fully saturated rings. The first-order valence-electron chi connectivity index (χ1n) is 30.4. The smallest absolute Gasteiger partial charge is 0.462 e. The van der Waals surface area contributed by atoms with Crippen molar-refractivity contribution in [1.82, 2.24) is 0 Å². The fourth-order valence-corrected chi connectivity index (χ4v) is 8.57. The number of ether oxygens (including phenoxy) is 3. The molecule has 12 heteroatoms. The zero-order chi connectivity index (χ0) is 56.9. The lowest BCUT2D eigenvalue weighted by molar-refractivity contribution is -0.161. The third-order valence-corrected chi connectivity index (χ3v) is 13.3. The third kappa shape index (κ3) is 56.6. The summed E-state index contributed by atoms with van der Waals surface area (Å²) < 4.78 is 39.5. The zero-order valence-electron chi connectivity index (χ0n) is 49.1. The molecule has 0 aromatic rings. The summed E-state index contributed by atoms with van der Waals surface area (Å²) >= 11 is 0. The molecule has 3 unspecified atom stereocenters. The van der Waals surface area contributed by atoms with E-state index in [-0.39, 0.29) is 25.9 Å². The van der Waals surface area contributed by atoms with Gasteiger partial charge in [0.15, 0.2) is 6.10 Å². The summed E-state index contributed by atoms with van der Waals surface area (Å²) in [6.45, 7) is 4.30. The molecule has 0 aliphatic carbocycles. The Bertz CT molecular complexity index is 1770.